The minimum atomic E-state index is -3.81. The van der Waals surface area contributed by atoms with Gasteiger partial charge >= 0.3 is 5.97 Å². The Kier molecular flexibility index (Phi) is 4.87. The molecule has 0 aliphatic carbocycles. The second kappa shape index (κ2) is 6.00. The van der Waals surface area contributed by atoms with Crippen LogP contribution in [0.3, 0.4) is 0 Å². The van der Waals surface area contributed by atoms with Crippen molar-refractivity contribution in [1.29, 1.82) is 0 Å². The number of ether oxygens (including phenoxy) is 1. The van der Waals surface area contributed by atoms with E-state index < -0.39 is 28.6 Å². The highest BCUT2D eigenvalue weighted by molar-refractivity contribution is 7.89. The van der Waals surface area contributed by atoms with Crippen molar-refractivity contribution in [2.45, 2.75) is 17.9 Å². The maximum atomic E-state index is 11.9. The zero-order valence-electron chi connectivity index (χ0n) is 10.6. The van der Waals surface area contributed by atoms with E-state index in [1.165, 1.54) is 18.2 Å². The molecule has 0 bridgehead atoms. The number of hydrogen-bond acceptors (Lipinski definition) is 6. The van der Waals surface area contributed by atoms with Crippen LogP contribution in [0.25, 0.3) is 0 Å². The van der Waals surface area contributed by atoms with Gasteiger partial charge in [-0.25, -0.2) is 17.9 Å². The minimum absolute atomic E-state index is 0.0104. The molecular weight excluding hydrogens is 272 g/mol. The van der Waals surface area contributed by atoms with Crippen LogP contribution in [0, 0.1) is 6.92 Å². The monoisotopic (exact) mass is 288 g/mol. The van der Waals surface area contributed by atoms with Crippen LogP contribution in [0.15, 0.2) is 23.1 Å². The van der Waals surface area contributed by atoms with Crippen LogP contribution in [0.5, 0.6) is 0 Å². The van der Waals surface area contributed by atoms with Gasteiger partial charge in [0.1, 0.15) is 0 Å². The van der Waals surface area contributed by atoms with Crippen molar-refractivity contribution in [2.24, 2.45) is 0 Å². The van der Waals surface area contributed by atoms with Gasteiger partial charge in [-0.2, -0.15) is 0 Å². The summed E-state index contributed by atoms with van der Waals surface area (Å²) in [6.45, 7) is 1.22. The van der Waals surface area contributed by atoms with Crippen LogP contribution in [0.4, 0.5) is 5.69 Å². The number of aliphatic hydroxyl groups is 1. The van der Waals surface area contributed by atoms with E-state index in [1.807, 2.05) is 0 Å². The summed E-state index contributed by atoms with van der Waals surface area (Å²) in [6, 6.07) is 4.22. The number of anilines is 1. The first-order chi connectivity index (χ1) is 8.77. The van der Waals surface area contributed by atoms with Gasteiger partial charge in [-0.15, -0.1) is 0 Å². The number of aryl methyl sites for hydroxylation is 1. The number of rotatable bonds is 5. The smallest absolute Gasteiger partial charge is 0.336 e. The molecule has 0 aliphatic rings. The number of benzene rings is 1. The molecule has 1 aromatic carbocycles. The Labute approximate surface area is 111 Å². The maximum Gasteiger partial charge on any atom is 0.336 e. The Bertz CT molecular complexity index is 570. The minimum Gasteiger partial charge on any atom is -0.467 e. The van der Waals surface area contributed by atoms with E-state index in [2.05, 4.69) is 9.46 Å². The van der Waals surface area contributed by atoms with Gasteiger partial charge in [0, 0.05) is 12.2 Å². The Morgan fingerprint density at radius 2 is 2.16 bits per heavy atom. The first-order valence-electron chi connectivity index (χ1n) is 5.39. The highest BCUT2D eigenvalue weighted by Gasteiger charge is 2.20. The summed E-state index contributed by atoms with van der Waals surface area (Å²) >= 11 is 0. The average molecular weight is 288 g/mol. The highest BCUT2D eigenvalue weighted by Crippen LogP contribution is 2.16. The van der Waals surface area contributed by atoms with Crippen molar-refractivity contribution >= 4 is 21.7 Å². The third-order valence-electron chi connectivity index (χ3n) is 2.49. The summed E-state index contributed by atoms with van der Waals surface area (Å²) in [7, 11) is -2.71. The summed E-state index contributed by atoms with van der Waals surface area (Å²) in [5.41, 5.74) is 6.70. The standard InChI is InChI=1S/C11H16N2O5S/c1-7-5-8(3-4-9(7)12)19(16,17)13-6-10(14)11(15)18-2/h3-5,10,13-14H,6,12H2,1-2H3. The van der Waals surface area contributed by atoms with Gasteiger partial charge in [-0.3, -0.25) is 0 Å². The molecule has 0 saturated carbocycles. The van der Waals surface area contributed by atoms with Crippen LogP contribution in [-0.4, -0.2) is 39.3 Å². The van der Waals surface area contributed by atoms with Gasteiger partial charge in [-0.05, 0) is 30.7 Å². The van der Waals surface area contributed by atoms with E-state index in [4.69, 9.17) is 5.73 Å². The molecule has 1 aromatic rings. The Morgan fingerprint density at radius 3 is 2.68 bits per heavy atom. The van der Waals surface area contributed by atoms with E-state index >= 15 is 0 Å². The molecule has 7 nitrogen and oxygen atoms in total. The van der Waals surface area contributed by atoms with Gasteiger partial charge in [0.2, 0.25) is 10.0 Å². The second-order valence-corrected chi connectivity index (χ2v) is 5.68. The van der Waals surface area contributed by atoms with Gasteiger partial charge in [0.15, 0.2) is 6.10 Å². The molecular formula is C11H16N2O5S. The van der Waals surface area contributed by atoms with Crippen LogP contribution >= 0.6 is 0 Å². The maximum absolute atomic E-state index is 11.9. The molecule has 0 radical (unpaired) electrons. The lowest BCUT2D eigenvalue weighted by molar-refractivity contribution is -0.149. The molecule has 1 unspecified atom stereocenters. The highest BCUT2D eigenvalue weighted by atomic mass is 32.2. The molecule has 106 valence electrons. The number of carbonyl (C=O) groups is 1. The zero-order valence-corrected chi connectivity index (χ0v) is 11.4. The number of esters is 1. The predicted octanol–water partition coefficient (Wildman–Crippen LogP) is -0.611. The molecule has 8 heteroatoms. The normalized spacial score (nSPS) is 13.0. The number of sulfonamides is 1. The Morgan fingerprint density at radius 1 is 1.53 bits per heavy atom. The SMILES string of the molecule is COC(=O)C(O)CNS(=O)(=O)c1ccc(N)c(C)c1. The first kappa shape index (κ1) is 15.4. The van der Waals surface area contributed by atoms with Gasteiger partial charge < -0.3 is 15.6 Å². The fourth-order valence-corrected chi connectivity index (χ4v) is 2.43. The summed E-state index contributed by atoms with van der Waals surface area (Å²) in [5, 5.41) is 9.31. The van der Waals surface area contributed by atoms with Crippen LogP contribution in [0.2, 0.25) is 0 Å². The lowest BCUT2D eigenvalue weighted by Crippen LogP contribution is -2.37. The topological polar surface area (TPSA) is 119 Å². The number of nitrogen functional groups attached to an aromatic ring is 1. The van der Waals surface area contributed by atoms with Crippen molar-refractivity contribution in [3.05, 3.63) is 23.8 Å². The molecule has 0 heterocycles. The quantitative estimate of drug-likeness (QED) is 0.491. The molecule has 4 N–H and O–H groups in total. The van der Waals surface area contributed by atoms with Gasteiger partial charge in [0.25, 0.3) is 0 Å². The number of carbonyl (C=O) groups excluding carboxylic acids is 1. The fraction of sp³-hybridized carbons (Fsp3) is 0.364. The van der Waals surface area contributed by atoms with Gasteiger partial charge in [-0.1, -0.05) is 0 Å². The van der Waals surface area contributed by atoms with E-state index in [0.29, 0.717) is 11.3 Å². The fourth-order valence-electron chi connectivity index (χ4n) is 1.31. The Hall–Kier alpha value is -1.64. The summed E-state index contributed by atoms with van der Waals surface area (Å²) in [4.78, 5) is 11.0. The molecule has 0 aromatic heterocycles. The van der Waals surface area contributed by atoms with E-state index in [9.17, 15) is 18.3 Å². The third kappa shape index (κ3) is 3.91. The molecule has 0 aliphatic heterocycles. The Balaban J connectivity index is 2.81. The zero-order chi connectivity index (χ0) is 14.6. The summed E-state index contributed by atoms with van der Waals surface area (Å²) < 4.78 is 30.2. The molecule has 0 saturated heterocycles. The van der Waals surface area contributed by atoms with Crippen LogP contribution < -0.4 is 10.5 Å². The largest absolute Gasteiger partial charge is 0.467 e. The van der Waals surface area contributed by atoms with E-state index in [0.717, 1.165) is 7.11 Å². The van der Waals surface area contributed by atoms with E-state index in [-0.39, 0.29) is 4.90 Å². The predicted molar refractivity (Wildman–Crippen MR) is 68.8 cm³/mol. The number of aliphatic hydroxyl groups excluding tert-OH is 1. The lowest BCUT2D eigenvalue weighted by Gasteiger charge is -2.11. The summed E-state index contributed by atoms with van der Waals surface area (Å²) in [5.74, 6) is -0.906. The van der Waals surface area contributed by atoms with E-state index in [1.54, 1.807) is 6.92 Å². The first-order valence-corrected chi connectivity index (χ1v) is 6.88. The van der Waals surface area contributed by atoms with Crippen molar-refractivity contribution in [3.63, 3.8) is 0 Å². The second-order valence-electron chi connectivity index (χ2n) is 3.91. The lowest BCUT2D eigenvalue weighted by atomic mass is 10.2. The molecule has 0 fully saturated rings. The molecule has 1 atom stereocenters. The van der Waals surface area contributed by atoms with Crippen molar-refractivity contribution in [1.82, 2.24) is 4.72 Å². The molecule has 19 heavy (non-hydrogen) atoms. The van der Waals surface area contributed by atoms with Crippen LogP contribution in [0.1, 0.15) is 5.56 Å². The third-order valence-corrected chi connectivity index (χ3v) is 3.91. The number of hydrogen-bond donors (Lipinski definition) is 3. The number of nitrogens with two attached hydrogens (primary N) is 1. The average Bonchev–Trinajstić information content (AvgIpc) is 2.38. The number of nitrogens with one attached hydrogen (secondary N) is 1. The molecule has 0 amide bonds. The van der Waals surface area contributed by atoms with Crippen molar-refractivity contribution < 1.29 is 23.1 Å². The van der Waals surface area contributed by atoms with Crippen molar-refractivity contribution in [2.75, 3.05) is 19.4 Å². The van der Waals surface area contributed by atoms with Crippen LogP contribution in [-0.2, 0) is 19.6 Å². The van der Waals surface area contributed by atoms with Gasteiger partial charge in [0.05, 0.1) is 12.0 Å². The number of methoxy groups -OCH3 is 1. The van der Waals surface area contributed by atoms with Crippen molar-refractivity contribution in [3.8, 4) is 0 Å². The molecule has 1 rings (SSSR count). The summed E-state index contributed by atoms with van der Waals surface area (Å²) in [6.07, 6.45) is -1.55. The molecule has 0 spiro atoms.